The van der Waals surface area contributed by atoms with Crippen molar-refractivity contribution in [1.82, 2.24) is 9.13 Å². The van der Waals surface area contributed by atoms with E-state index < -0.39 is 0 Å². The van der Waals surface area contributed by atoms with E-state index in [0.29, 0.717) is 5.36 Å². The van der Waals surface area contributed by atoms with Crippen molar-refractivity contribution in [2.45, 2.75) is 13.5 Å². The first-order valence-electron chi connectivity index (χ1n) is 9.60. The van der Waals surface area contributed by atoms with E-state index in [1.807, 2.05) is 24.3 Å². The molecule has 2 aliphatic rings. The van der Waals surface area contributed by atoms with Crippen molar-refractivity contribution in [3.8, 4) is 28.2 Å². The van der Waals surface area contributed by atoms with E-state index in [-0.39, 0.29) is 17.0 Å². The quantitative estimate of drug-likeness (QED) is 0.318. The summed E-state index contributed by atoms with van der Waals surface area (Å²) in [6.07, 6.45) is 4.15. The molecule has 2 aromatic carbocycles. The molecule has 29 heavy (non-hydrogen) atoms. The molecule has 4 heteroatoms. The van der Waals surface area contributed by atoms with E-state index in [1.165, 1.54) is 27.6 Å². The summed E-state index contributed by atoms with van der Waals surface area (Å²) >= 11 is 0. The summed E-state index contributed by atoms with van der Waals surface area (Å²) < 4.78 is 4.48. The normalized spacial score (nSPS) is 10.9. The molecule has 0 amide bonds. The standard InChI is InChI=1S/C25H21N3.BrH/c1-2-28-24-16-19(26)10-12-22(24)21-13-11-20(27-14-6-7-15-27)17-23(21)25(28)18-8-4-3-5-9-18;/h3-17,26H,2H2,1H3;1H. The zero-order chi connectivity index (χ0) is 19.1. The lowest BCUT2D eigenvalue weighted by Crippen LogP contribution is -2.11. The van der Waals surface area contributed by atoms with Gasteiger partial charge in [-0.15, -0.1) is 17.0 Å². The Hall–Kier alpha value is -3.11. The van der Waals surface area contributed by atoms with Crippen LogP contribution in [0, 0.1) is 5.41 Å². The Balaban J connectivity index is 0.00000205. The monoisotopic (exact) mass is 443 g/mol. The molecular formula is C25H22BrN3. The maximum absolute atomic E-state index is 8.14. The highest BCUT2D eigenvalue weighted by molar-refractivity contribution is 8.93. The Kier molecular flexibility index (Phi) is 5.12. The Morgan fingerprint density at radius 3 is 2.28 bits per heavy atom. The summed E-state index contributed by atoms with van der Waals surface area (Å²) in [6, 6.07) is 27.2. The third-order valence-electron chi connectivity index (χ3n) is 5.37. The summed E-state index contributed by atoms with van der Waals surface area (Å²) in [6.45, 7) is 3.01. The average Bonchev–Trinajstić information content (AvgIpc) is 3.27. The minimum absolute atomic E-state index is 0. The SMILES string of the molecule is Br.CCn1c2cc(=N)ccc-2c2ccc(-n3cccc3)cc2c1-c1ccccc1. The van der Waals surface area contributed by atoms with Gasteiger partial charge in [-0.05, 0) is 54.3 Å². The number of pyridine rings is 1. The van der Waals surface area contributed by atoms with Crippen molar-refractivity contribution in [3.63, 3.8) is 0 Å². The van der Waals surface area contributed by atoms with Crippen molar-refractivity contribution >= 4 is 27.8 Å². The minimum atomic E-state index is 0. The molecule has 0 bridgehead atoms. The number of hydrogen-bond donors (Lipinski definition) is 1. The molecule has 0 saturated heterocycles. The van der Waals surface area contributed by atoms with Crippen LogP contribution in [-0.2, 0) is 6.54 Å². The number of benzene rings is 3. The second kappa shape index (κ2) is 7.72. The van der Waals surface area contributed by atoms with E-state index in [0.717, 1.165) is 17.9 Å². The van der Waals surface area contributed by atoms with Gasteiger partial charge in [0.05, 0.1) is 16.7 Å². The zero-order valence-electron chi connectivity index (χ0n) is 16.2. The number of aromatic nitrogens is 2. The van der Waals surface area contributed by atoms with Crippen LogP contribution in [0.4, 0.5) is 0 Å². The van der Waals surface area contributed by atoms with Crippen LogP contribution in [-0.4, -0.2) is 9.13 Å². The van der Waals surface area contributed by atoms with Gasteiger partial charge in [-0.1, -0.05) is 42.5 Å². The van der Waals surface area contributed by atoms with Crippen LogP contribution < -0.4 is 5.36 Å². The molecule has 0 unspecified atom stereocenters. The Bertz CT molecular complexity index is 1300. The molecule has 144 valence electrons. The summed E-state index contributed by atoms with van der Waals surface area (Å²) in [5.74, 6) is 0. The Morgan fingerprint density at radius 1 is 0.793 bits per heavy atom. The number of fused-ring (bicyclic) bond motifs is 3. The van der Waals surface area contributed by atoms with Crippen LogP contribution in [0.25, 0.3) is 39.0 Å². The van der Waals surface area contributed by atoms with Crippen LogP contribution in [0.1, 0.15) is 6.92 Å². The molecule has 1 aliphatic heterocycles. The van der Waals surface area contributed by atoms with Crippen LogP contribution >= 0.6 is 17.0 Å². The summed E-state index contributed by atoms with van der Waals surface area (Å²) in [7, 11) is 0. The van der Waals surface area contributed by atoms with Gasteiger partial charge >= 0.3 is 0 Å². The lowest BCUT2D eigenvalue weighted by atomic mass is 9.95. The summed E-state index contributed by atoms with van der Waals surface area (Å²) in [5.41, 5.74) is 5.83. The van der Waals surface area contributed by atoms with Crippen molar-refractivity contribution < 1.29 is 0 Å². The largest absolute Gasteiger partial charge is 0.340 e. The van der Waals surface area contributed by atoms with Crippen LogP contribution in [0.5, 0.6) is 0 Å². The predicted octanol–water partition coefficient (Wildman–Crippen LogP) is 6.28. The molecular weight excluding hydrogens is 422 g/mol. The highest BCUT2D eigenvalue weighted by Crippen LogP contribution is 2.39. The molecule has 0 fully saturated rings. The number of nitrogens with zero attached hydrogens (tertiary/aromatic N) is 2. The molecule has 0 radical (unpaired) electrons. The fourth-order valence-corrected chi connectivity index (χ4v) is 4.11. The van der Waals surface area contributed by atoms with Gasteiger partial charge in [-0.25, -0.2) is 0 Å². The van der Waals surface area contributed by atoms with Crippen LogP contribution in [0.2, 0.25) is 0 Å². The fraction of sp³-hybridized carbons (Fsp3) is 0.0800. The van der Waals surface area contributed by atoms with E-state index in [1.54, 1.807) is 0 Å². The van der Waals surface area contributed by atoms with Gasteiger partial charge in [0.1, 0.15) is 0 Å². The molecule has 1 N–H and O–H groups in total. The van der Waals surface area contributed by atoms with Crippen molar-refractivity contribution in [2.75, 3.05) is 0 Å². The molecule has 1 aromatic heterocycles. The number of hydrogen-bond acceptors (Lipinski definition) is 1. The highest BCUT2D eigenvalue weighted by Gasteiger charge is 2.18. The molecule has 2 heterocycles. The number of rotatable bonds is 3. The number of nitrogens with one attached hydrogen (secondary N) is 1. The van der Waals surface area contributed by atoms with Crippen molar-refractivity contribution in [2.24, 2.45) is 0 Å². The maximum atomic E-state index is 8.14. The van der Waals surface area contributed by atoms with Gasteiger partial charge in [0.15, 0.2) is 0 Å². The first kappa shape index (κ1) is 19.2. The van der Waals surface area contributed by atoms with E-state index >= 15 is 0 Å². The van der Waals surface area contributed by atoms with Gasteiger partial charge in [-0.2, -0.15) is 0 Å². The molecule has 1 aliphatic carbocycles. The predicted molar refractivity (Wildman–Crippen MR) is 125 cm³/mol. The van der Waals surface area contributed by atoms with E-state index in [4.69, 9.17) is 5.41 Å². The Morgan fingerprint density at radius 2 is 1.55 bits per heavy atom. The molecule has 3 aromatic rings. The highest BCUT2D eigenvalue weighted by atomic mass is 79.9. The second-order valence-corrected chi connectivity index (χ2v) is 7.01. The fourth-order valence-electron chi connectivity index (χ4n) is 4.11. The van der Waals surface area contributed by atoms with Gasteiger partial charge in [0.2, 0.25) is 0 Å². The van der Waals surface area contributed by atoms with Crippen LogP contribution in [0.15, 0.2) is 91.3 Å². The lowest BCUT2D eigenvalue weighted by molar-refractivity contribution is 0.776. The first-order valence-corrected chi connectivity index (χ1v) is 9.60. The molecule has 0 spiro atoms. The van der Waals surface area contributed by atoms with E-state index in [2.05, 4.69) is 83.0 Å². The topological polar surface area (TPSA) is 33.7 Å². The van der Waals surface area contributed by atoms with Gasteiger partial charge < -0.3 is 14.5 Å². The minimum Gasteiger partial charge on any atom is -0.340 e. The van der Waals surface area contributed by atoms with Gasteiger partial charge in [-0.3, -0.25) is 0 Å². The maximum Gasteiger partial charge on any atom is 0.0565 e. The number of halogens is 1. The summed E-state index contributed by atoms with van der Waals surface area (Å²) in [5, 5.41) is 11.1. The lowest BCUT2D eigenvalue weighted by Gasteiger charge is -2.24. The van der Waals surface area contributed by atoms with Crippen molar-refractivity contribution in [1.29, 1.82) is 5.41 Å². The first-order chi connectivity index (χ1) is 13.8. The molecule has 3 nitrogen and oxygen atoms in total. The molecule has 5 rings (SSSR count). The third kappa shape index (κ3) is 3.19. The van der Waals surface area contributed by atoms with E-state index in [9.17, 15) is 0 Å². The zero-order valence-corrected chi connectivity index (χ0v) is 17.9. The molecule has 0 saturated carbocycles. The second-order valence-electron chi connectivity index (χ2n) is 7.01. The molecule has 0 atom stereocenters. The summed E-state index contributed by atoms with van der Waals surface area (Å²) in [4.78, 5) is 0. The Labute approximate surface area is 180 Å². The van der Waals surface area contributed by atoms with Crippen molar-refractivity contribution in [3.05, 3.63) is 96.6 Å². The van der Waals surface area contributed by atoms with Gasteiger partial charge in [0.25, 0.3) is 0 Å². The third-order valence-corrected chi connectivity index (χ3v) is 5.37. The smallest absolute Gasteiger partial charge is 0.0565 e. The van der Waals surface area contributed by atoms with Gasteiger partial charge in [0, 0.05) is 35.6 Å². The van der Waals surface area contributed by atoms with Crippen LogP contribution in [0.3, 0.4) is 0 Å². The average molecular weight is 444 g/mol.